The number of nitrogens with one attached hydrogen (secondary N) is 1. The van der Waals surface area contributed by atoms with Crippen molar-refractivity contribution in [2.24, 2.45) is 0 Å². The average molecular weight is 396 g/mol. The molecule has 0 saturated heterocycles. The predicted octanol–water partition coefficient (Wildman–Crippen LogP) is 3.36. The maximum absolute atomic E-state index is 13.5. The zero-order valence-electron chi connectivity index (χ0n) is 14.9. The van der Waals surface area contributed by atoms with Crippen LogP contribution >= 0.6 is 0 Å². The predicted molar refractivity (Wildman–Crippen MR) is 91.1 cm³/mol. The summed E-state index contributed by atoms with van der Waals surface area (Å²) in [5, 5.41) is 1.92. The molecule has 1 aromatic carbocycles. The number of benzene rings is 1. The Bertz CT molecular complexity index is 999. The van der Waals surface area contributed by atoms with Crippen molar-refractivity contribution in [2.75, 3.05) is 7.11 Å². The molecule has 0 fully saturated rings. The summed E-state index contributed by atoms with van der Waals surface area (Å²) in [5.74, 6) is -1.72. The summed E-state index contributed by atoms with van der Waals surface area (Å²) in [4.78, 5) is 20.7. The molecule has 0 radical (unpaired) electrons. The summed E-state index contributed by atoms with van der Waals surface area (Å²) >= 11 is 0. The molecule has 0 spiro atoms. The summed E-state index contributed by atoms with van der Waals surface area (Å²) in [6.45, 7) is 1.92. The lowest BCUT2D eigenvalue weighted by molar-refractivity contribution is -0.155. The lowest BCUT2D eigenvalue weighted by atomic mass is 10.1. The molecule has 0 aliphatic heterocycles. The van der Waals surface area contributed by atoms with E-state index in [0.29, 0.717) is 11.4 Å². The molecule has 2 heterocycles. The van der Waals surface area contributed by atoms with Crippen molar-refractivity contribution in [3.05, 3.63) is 65.1 Å². The molecule has 10 heteroatoms. The number of aryl methyl sites for hydroxylation is 1. The van der Waals surface area contributed by atoms with Gasteiger partial charge in [0.05, 0.1) is 12.3 Å². The molecule has 3 aromatic rings. The van der Waals surface area contributed by atoms with Crippen LogP contribution in [0, 0.1) is 12.7 Å². The van der Waals surface area contributed by atoms with E-state index < -0.39 is 23.9 Å². The third-order valence-corrected chi connectivity index (χ3v) is 4.06. The van der Waals surface area contributed by atoms with Gasteiger partial charge in [0, 0.05) is 12.8 Å². The quantitative estimate of drug-likeness (QED) is 0.672. The smallest absolute Gasteiger partial charge is 0.378 e. The van der Waals surface area contributed by atoms with Crippen molar-refractivity contribution in [3.8, 4) is 0 Å². The van der Waals surface area contributed by atoms with Gasteiger partial charge in [-0.1, -0.05) is 12.1 Å². The monoisotopic (exact) mass is 396 g/mol. The maximum Gasteiger partial charge on any atom is 0.412 e. The van der Waals surface area contributed by atoms with Crippen LogP contribution in [0.15, 0.2) is 36.7 Å². The number of carbonyl (C=O) groups excluding carboxylic acids is 1. The number of nitrogens with zero attached hydrogens (tertiary/aromatic N) is 3. The molecule has 28 heavy (non-hydrogen) atoms. The fourth-order valence-corrected chi connectivity index (χ4v) is 2.78. The first-order chi connectivity index (χ1) is 13.2. The van der Waals surface area contributed by atoms with E-state index in [2.05, 4.69) is 9.97 Å². The van der Waals surface area contributed by atoms with Crippen LogP contribution in [0.25, 0.3) is 5.65 Å². The Hall–Kier alpha value is -3.01. The van der Waals surface area contributed by atoms with Crippen LogP contribution in [0.5, 0.6) is 0 Å². The van der Waals surface area contributed by atoms with Crippen molar-refractivity contribution in [2.45, 2.75) is 25.7 Å². The zero-order chi connectivity index (χ0) is 20.5. The Morgan fingerprint density at radius 2 is 1.96 bits per heavy atom. The van der Waals surface area contributed by atoms with E-state index >= 15 is 0 Å². The fourth-order valence-electron chi connectivity index (χ4n) is 2.78. The normalized spacial score (nSPS) is 12.9. The van der Waals surface area contributed by atoms with Gasteiger partial charge in [-0.2, -0.15) is 13.2 Å². The number of aromatic nitrogens is 3. The molecule has 6 nitrogen and oxygen atoms in total. The van der Waals surface area contributed by atoms with E-state index in [1.807, 2.05) is 5.32 Å². The number of alkyl halides is 3. The number of halogens is 4. The van der Waals surface area contributed by atoms with Gasteiger partial charge in [-0.05, 0) is 30.7 Å². The molecule has 1 N–H and O–H groups in total. The van der Waals surface area contributed by atoms with Crippen LogP contribution in [0.3, 0.4) is 0 Å². The number of fused-ring (bicyclic) bond motifs is 1. The summed E-state index contributed by atoms with van der Waals surface area (Å²) in [5.41, 5.74) is 0.763. The maximum atomic E-state index is 13.5. The molecule has 0 bridgehead atoms. The number of hydrogen-bond acceptors (Lipinski definition) is 4. The minimum absolute atomic E-state index is 0.115. The second kappa shape index (κ2) is 7.55. The van der Waals surface area contributed by atoms with E-state index in [0.717, 1.165) is 24.3 Å². The molecule has 0 aliphatic carbocycles. The Kier molecular flexibility index (Phi) is 5.32. The number of ether oxygens (including phenoxy) is 1. The minimum atomic E-state index is -4.78. The van der Waals surface area contributed by atoms with E-state index in [4.69, 9.17) is 4.74 Å². The number of carbonyl (C=O) groups is 1. The first-order valence-corrected chi connectivity index (χ1v) is 8.16. The van der Waals surface area contributed by atoms with Crippen molar-refractivity contribution >= 4 is 11.6 Å². The molecule has 3 rings (SSSR count). The number of amides is 1. The number of methoxy groups -OCH3 is 1. The third-order valence-electron chi connectivity index (χ3n) is 4.06. The average Bonchev–Trinajstić information content (AvgIpc) is 3.04. The van der Waals surface area contributed by atoms with Crippen molar-refractivity contribution in [1.29, 1.82) is 0 Å². The molecule has 148 valence electrons. The highest BCUT2D eigenvalue weighted by molar-refractivity contribution is 5.98. The molecule has 1 amide bonds. The molecule has 1 unspecified atom stereocenters. The Morgan fingerprint density at radius 3 is 2.57 bits per heavy atom. The summed E-state index contributed by atoms with van der Waals surface area (Å²) < 4.78 is 60.0. The molecular weight excluding hydrogens is 380 g/mol. The SMILES string of the molecule is COCc1cc(C)n2cnc(C(=O)NC(c3ccc(F)cc3)C(F)(F)F)c2n1. The molecule has 0 aliphatic rings. The second-order valence-electron chi connectivity index (χ2n) is 6.11. The van der Waals surface area contributed by atoms with Gasteiger partial charge in [0.15, 0.2) is 17.4 Å². The summed E-state index contributed by atoms with van der Waals surface area (Å²) in [7, 11) is 1.47. The summed E-state index contributed by atoms with van der Waals surface area (Å²) in [6.07, 6.45) is -3.47. The first-order valence-electron chi connectivity index (χ1n) is 8.16. The van der Waals surface area contributed by atoms with Crippen LogP contribution < -0.4 is 5.32 Å². The van der Waals surface area contributed by atoms with Crippen LogP contribution in [-0.4, -0.2) is 33.6 Å². The van der Waals surface area contributed by atoms with Crippen molar-refractivity contribution in [1.82, 2.24) is 19.7 Å². The van der Waals surface area contributed by atoms with Gasteiger partial charge < -0.3 is 10.1 Å². The fraction of sp³-hybridized carbons (Fsp3) is 0.278. The molecule has 0 saturated carbocycles. The first kappa shape index (κ1) is 19.7. The topological polar surface area (TPSA) is 68.5 Å². The van der Waals surface area contributed by atoms with Crippen LogP contribution in [-0.2, 0) is 11.3 Å². The number of rotatable bonds is 5. The molecule has 1 atom stereocenters. The molecular formula is C18H16F4N4O2. The minimum Gasteiger partial charge on any atom is -0.378 e. The largest absolute Gasteiger partial charge is 0.412 e. The Labute approximate surface area is 157 Å². The standard InChI is InChI=1S/C18H16F4N4O2/c1-10-7-13(8-28-2)24-16-14(23-9-26(10)16)17(27)25-15(18(20,21)22)11-3-5-12(19)6-4-11/h3-7,9,15H,8H2,1-2H3,(H,25,27). The lowest BCUT2D eigenvalue weighted by Gasteiger charge is -2.21. The lowest BCUT2D eigenvalue weighted by Crippen LogP contribution is -2.38. The van der Waals surface area contributed by atoms with Gasteiger partial charge in [-0.25, -0.2) is 14.4 Å². The summed E-state index contributed by atoms with van der Waals surface area (Å²) in [6, 6.07) is 3.14. The van der Waals surface area contributed by atoms with Crippen LogP contribution in [0.2, 0.25) is 0 Å². The van der Waals surface area contributed by atoms with Crippen LogP contribution in [0.4, 0.5) is 17.6 Å². The van der Waals surface area contributed by atoms with Gasteiger partial charge >= 0.3 is 6.18 Å². The van der Waals surface area contributed by atoms with Gasteiger partial charge in [0.25, 0.3) is 5.91 Å². The highest BCUT2D eigenvalue weighted by Gasteiger charge is 2.42. The Balaban J connectivity index is 1.97. The van der Waals surface area contributed by atoms with E-state index in [-0.39, 0.29) is 23.5 Å². The van der Waals surface area contributed by atoms with E-state index in [9.17, 15) is 22.4 Å². The Morgan fingerprint density at radius 1 is 1.29 bits per heavy atom. The molecule has 2 aromatic heterocycles. The second-order valence-corrected chi connectivity index (χ2v) is 6.11. The highest BCUT2D eigenvalue weighted by Crippen LogP contribution is 2.33. The highest BCUT2D eigenvalue weighted by atomic mass is 19.4. The van der Waals surface area contributed by atoms with Gasteiger partial charge in [0.2, 0.25) is 0 Å². The van der Waals surface area contributed by atoms with Crippen molar-refractivity contribution in [3.63, 3.8) is 0 Å². The zero-order valence-corrected chi connectivity index (χ0v) is 14.9. The van der Waals surface area contributed by atoms with E-state index in [1.54, 1.807) is 13.0 Å². The van der Waals surface area contributed by atoms with Crippen molar-refractivity contribution < 1.29 is 27.1 Å². The van der Waals surface area contributed by atoms with Gasteiger partial charge in [-0.15, -0.1) is 0 Å². The third kappa shape index (κ3) is 3.96. The van der Waals surface area contributed by atoms with Gasteiger partial charge in [0.1, 0.15) is 12.1 Å². The number of hydrogen-bond donors (Lipinski definition) is 1. The van der Waals surface area contributed by atoms with Crippen LogP contribution in [0.1, 0.15) is 33.5 Å². The number of imidazole rings is 1. The van der Waals surface area contributed by atoms with E-state index in [1.165, 1.54) is 17.8 Å². The van der Waals surface area contributed by atoms with Gasteiger partial charge in [-0.3, -0.25) is 9.20 Å².